The fourth-order valence-electron chi connectivity index (χ4n) is 2.09. The Kier molecular flexibility index (Phi) is 3.02. The van der Waals surface area contributed by atoms with Crippen LogP contribution in [0.4, 0.5) is 8.78 Å². The largest absolute Gasteiger partial charge is 0.275 e. The molecule has 0 atom stereocenters. The van der Waals surface area contributed by atoms with Crippen molar-refractivity contribution in [3.05, 3.63) is 60.6 Å². The van der Waals surface area contributed by atoms with Crippen LogP contribution in [-0.2, 0) is 7.05 Å². The summed E-state index contributed by atoms with van der Waals surface area (Å²) in [6.07, 6.45) is 3.21. The van der Waals surface area contributed by atoms with E-state index in [1.165, 1.54) is 24.4 Å². The summed E-state index contributed by atoms with van der Waals surface area (Å²) < 4.78 is 27.9. The first-order valence-electron chi connectivity index (χ1n) is 6.05. The highest BCUT2D eigenvalue weighted by atomic mass is 19.1. The summed E-state index contributed by atoms with van der Waals surface area (Å²) in [6, 6.07) is 9.12. The number of rotatable bonds is 2. The fraction of sp³-hybridized carbons (Fsp3) is 0.0667. The van der Waals surface area contributed by atoms with Gasteiger partial charge in [0.2, 0.25) is 5.95 Å². The Balaban J connectivity index is 2.15. The Morgan fingerprint density at radius 3 is 2.45 bits per heavy atom. The van der Waals surface area contributed by atoms with Gasteiger partial charge >= 0.3 is 0 Å². The van der Waals surface area contributed by atoms with E-state index >= 15 is 0 Å². The molecule has 3 nitrogen and oxygen atoms in total. The second-order valence-corrected chi connectivity index (χ2v) is 4.44. The summed E-state index contributed by atoms with van der Waals surface area (Å²) in [5, 5.41) is 4.37. The van der Waals surface area contributed by atoms with Crippen LogP contribution < -0.4 is 0 Å². The second kappa shape index (κ2) is 4.85. The molecule has 0 aliphatic heterocycles. The maximum Gasteiger partial charge on any atom is 0.213 e. The Labute approximate surface area is 114 Å². The van der Waals surface area contributed by atoms with Crippen LogP contribution in [0, 0.1) is 11.8 Å². The summed E-state index contributed by atoms with van der Waals surface area (Å²) in [6.45, 7) is 0. The average molecular weight is 271 g/mol. The van der Waals surface area contributed by atoms with Gasteiger partial charge in [-0.2, -0.15) is 9.49 Å². The van der Waals surface area contributed by atoms with E-state index < -0.39 is 5.95 Å². The van der Waals surface area contributed by atoms with Crippen molar-refractivity contribution in [3.63, 3.8) is 0 Å². The molecule has 0 amide bonds. The molecule has 0 bridgehead atoms. The number of benzene rings is 1. The Hall–Kier alpha value is -2.56. The average Bonchev–Trinajstić information content (AvgIpc) is 2.82. The van der Waals surface area contributed by atoms with E-state index in [1.807, 2.05) is 0 Å². The fourth-order valence-corrected chi connectivity index (χ4v) is 2.09. The SMILES string of the molecule is Cn1cc(-c2ccnc(F)c2)c(-c2ccc(F)cc2)n1. The number of pyridine rings is 1. The molecule has 0 unspecified atom stereocenters. The van der Waals surface area contributed by atoms with Gasteiger partial charge in [-0.1, -0.05) is 0 Å². The third-order valence-corrected chi connectivity index (χ3v) is 2.98. The van der Waals surface area contributed by atoms with E-state index in [1.54, 1.807) is 36.1 Å². The van der Waals surface area contributed by atoms with Crippen molar-refractivity contribution in [1.82, 2.24) is 14.8 Å². The monoisotopic (exact) mass is 271 g/mol. The van der Waals surface area contributed by atoms with Gasteiger partial charge < -0.3 is 0 Å². The van der Waals surface area contributed by atoms with E-state index in [0.29, 0.717) is 11.3 Å². The molecule has 5 heteroatoms. The van der Waals surface area contributed by atoms with E-state index in [4.69, 9.17) is 0 Å². The van der Waals surface area contributed by atoms with E-state index in [9.17, 15) is 8.78 Å². The summed E-state index contributed by atoms with van der Waals surface area (Å²) in [4.78, 5) is 3.54. The smallest absolute Gasteiger partial charge is 0.213 e. The lowest BCUT2D eigenvalue weighted by molar-refractivity contribution is 0.584. The van der Waals surface area contributed by atoms with Gasteiger partial charge in [-0.15, -0.1) is 0 Å². The molecule has 3 rings (SSSR count). The van der Waals surface area contributed by atoms with Crippen LogP contribution in [0.1, 0.15) is 0 Å². The first kappa shape index (κ1) is 12.5. The molecule has 0 saturated carbocycles. The van der Waals surface area contributed by atoms with Crippen molar-refractivity contribution in [2.24, 2.45) is 7.05 Å². The van der Waals surface area contributed by atoms with Crippen molar-refractivity contribution in [2.45, 2.75) is 0 Å². The molecule has 20 heavy (non-hydrogen) atoms. The quantitative estimate of drug-likeness (QED) is 0.668. The minimum atomic E-state index is -0.545. The molecule has 0 aliphatic carbocycles. The maximum atomic E-state index is 13.3. The van der Waals surface area contributed by atoms with Gasteiger partial charge in [0.15, 0.2) is 0 Å². The van der Waals surface area contributed by atoms with Crippen LogP contribution in [0.2, 0.25) is 0 Å². The van der Waals surface area contributed by atoms with Gasteiger partial charge in [0, 0.05) is 36.6 Å². The number of nitrogens with zero attached hydrogens (tertiary/aromatic N) is 3. The van der Waals surface area contributed by atoms with Gasteiger partial charge in [0.1, 0.15) is 11.5 Å². The lowest BCUT2D eigenvalue weighted by atomic mass is 10.0. The van der Waals surface area contributed by atoms with Crippen LogP contribution in [0.25, 0.3) is 22.4 Å². The van der Waals surface area contributed by atoms with Gasteiger partial charge in [0.25, 0.3) is 0 Å². The molecule has 1 aromatic carbocycles. The second-order valence-electron chi connectivity index (χ2n) is 4.44. The minimum Gasteiger partial charge on any atom is -0.275 e. The van der Waals surface area contributed by atoms with Crippen LogP contribution >= 0.6 is 0 Å². The molecule has 0 fully saturated rings. The minimum absolute atomic E-state index is 0.304. The third-order valence-electron chi connectivity index (χ3n) is 2.98. The van der Waals surface area contributed by atoms with Gasteiger partial charge in [0.05, 0.1) is 0 Å². The van der Waals surface area contributed by atoms with E-state index in [0.717, 1.165) is 11.1 Å². The topological polar surface area (TPSA) is 30.7 Å². The summed E-state index contributed by atoms with van der Waals surface area (Å²) in [5.74, 6) is -0.849. The van der Waals surface area contributed by atoms with Crippen molar-refractivity contribution in [2.75, 3.05) is 0 Å². The Bertz CT molecular complexity index is 748. The highest BCUT2D eigenvalue weighted by Crippen LogP contribution is 2.30. The zero-order valence-electron chi connectivity index (χ0n) is 10.7. The summed E-state index contributed by atoms with van der Waals surface area (Å²) in [5.41, 5.74) is 2.92. The van der Waals surface area contributed by atoms with Crippen molar-refractivity contribution >= 4 is 0 Å². The number of hydrogen-bond donors (Lipinski definition) is 0. The zero-order chi connectivity index (χ0) is 14.1. The molecule has 0 spiro atoms. The molecule has 3 aromatic rings. The molecule has 0 aliphatic rings. The van der Waals surface area contributed by atoms with Gasteiger partial charge in [-0.05, 0) is 35.9 Å². The standard InChI is InChI=1S/C15H11F2N3/c1-20-9-13(11-6-7-18-14(17)8-11)15(19-20)10-2-4-12(16)5-3-10/h2-9H,1H3. The molecular weight excluding hydrogens is 260 g/mol. The first-order chi connectivity index (χ1) is 9.63. The molecule has 2 heterocycles. The number of hydrogen-bond acceptors (Lipinski definition) is 2. The highest BCUT2D eigenvalue weighted by Gasteiger charge is 2.12. The molecule has 0 saturated heterocycles. The molecule has 0 radical (unpaired) electrons. The van der Waals surface area contributed by atoms with Crippen LogP contribution in [0.15, 0.2) is 48.8 Å². The van der Waals surface area contributed by atoms with Gasteiger partial charge in [-0.3, -0.25) is 4.68 Å². The van der Waals surface area contributed by atoms with E-state index in [-0.39, 0.29) is 5.82 Å². The van der Waals surface area contributed by atoms with Crippen LogP contribution in [0.5, 0.6) is 0 Å². The Morgan fingerprint density at radius 2 is 1.75 bits per heavy atom. The lowest BCUT2D eigenvalue weighted by Crippen LogP contribution is -1.88. The summed E-state index contributed by atoms with van der Waals surface area (Å²) in [7, 11) is 1.79. The van der Waals surface area contributed by atoms with Gasteiger partial charge in [-0.25, -0.2) is 9.37 Å². The first-order valence-corrected chi connectivity index (χ1v) is 6.05. The van der Waals surface area contributed by atoms with Crippen LogP contribution in [0.3, 0.4) is 0 Å². The van der Waals surface area contributed by atoms with Crippen molar-refractivity contribution in [1.29, 1.82) is 0 Å². The maximum absolute atomic E-state index is 13.3. The normalized spacial score (nSPS) is 10.8. The van der Waals surface area contributed by atoms with Crippen molar-refractivity contribution in [3.8, 4) is 22.4 Å². The molecular formula is C15H11F2N3. The Morgan fingerprint density at radius 1 is 1.00 bits per heavy atom. The van der Waals surface area contributed by atoms with Crippen LogP contribution in [-0.4, -0.2) is 14.8 Å². The number of aryl methyl sites for hydroxylation is 1. The summed E-state index contributed by atoms with van der Waals surface area (Å²) >= 11 is 0. The predicted octanol–water partition coefficient (Wildman–Crippen LogP) is 3.43. The lowest BCUT2D eigenvalue weighted by Gasteiger charge is -2.02. The molecule has 2 aromatic heterocycles. The third kappa shape index (κ3) is 2.30. The molecule has 0 N–H and O–H groups in total. The highest BCUT2D eigenvalue weighted by molar-refractivity contribution is 5.80. The molecule has 100 valence electrons. The van der Waals surface area contributed by atoms with Crippen molar-refractivity contribution < 1.29 is 8.78 Å². The number of aromatic nitrogens is 3. The number of halogens is 2. The zero-order valence-corrected chi connectivity index (χ0v) is 10.7. The van der Waals surface area contributed by atoms with E-state index in [2.05, 4.69) is 10.1 Å². The predicted molar refractivity (Wildman–Crippen MR) is 71.8 cm³/mol.